The van der Waals surface area contributed by atoms with E-state index >= 15 is 0 Å². The van der Waals surface area contributed by atoms with Crippen molar-refractivity contribution >= 4 is 11.6 Å². The highest BCUT2D eigenvalue weighted by Crippen LogP contribution is 2.34. The first-order valence-electron chi connectivity index (χ1n) is 15.2. The van der Waals surface area contributed by atoms with Crippen molar-refractivity contribution in [1.82, 2.24) is 15.6 Å². The lowest BCUT2D eigenvalue weighted by atomic mass is 9.94. The van der Waals surface area contributed by atoms with Gasteiger partial charge >= 0.3 is 0 Å². The number of H-pyrrole nitrogens is 1. The van der Waals surface area contributed by atoms with Crippen LogP contribution in [0.3, 0.4) is 0 Å². The highest BCUT2D eigenvalue weighted by Gasteiger charge is 2.25. The summed E-state index contributed by atoms with van der Waals surface area (Å²) < 4.78 is 5.64. The van der Waals surface area contributed by atoms with Gasteiger partial charge in [-0.1, -0.05) is 31.2 Å². The molecule has 1 aliphatic rings. The van der Waals surface area contributed by atoms with E-state index in [1.807, 2.05) is 39.8 Å². The molecule has 1 saturated heterocycles. The number of aliphatic hydroxyl groups excluding tert-OH is 1. The Hall–Kier alpha value is -3.46. The van der Waals surface area contributed by atoms with Crippen molar-refractivity contribution < 1.29 is 14.6 Å². The number of ether oxygens (including phenoxy) is 1. The van der Waals surface area contributed by atoms with E-state index in [-0.39, 0.29) is 24.1 Å². The topological polar surface area (TPSA) is 107 Å². The van der Waals surface area contributed by atoms with Crippen LogP contribution in [0.1, 0.15) is 71.4 Å². The van der Waals surface area contributed by atoms with Crippen molar-refractivity contribution in [3.63, 3.8) is 0 Å². The molecule has 1 aliphatic heterocycles. The van der Waals surface area contributed by atoms with E-state index in [9.17, 15) is 14.7 Å². The minimum atomic E-state index is -0.342. The average molecular weight is 575 g/mol. The Morgan fingerprint density at radius 1 is 1.05 bits per heavy atom. The maximum absolute atomic E-state index is 13.7. The van der Waals surface area contributed by atoms with Crippen LogP contribution in [-0.2, 0) is 17.8 Å². The number of aryl methyl sites for hydroxylation is 2. The molecule has 42 heavy (non-hydrogen) atoms. The van der Waals surface area contributed by atoms with E-state index in [0.717, 1.165) is 78.2 Å². The second-order valence-corrected chi connectivity index (χ2v) is 11.3. The fourth-order valence-corrected chi connectivity index (χ4v) is 5.73. The fourth-order valence-electron chi connectivity index (χ4n) is 5.73. The SMILES string of the molecule is CC[C@H](O)CNCc1ccc(-c2cc(C(=O)NCc3c(C)cc(C)[nH]c3=O)c(C)c(N(CC)C3CCOCC3)c2)cc1. The van der Waals surface area contributed by atoms with Gasteiger partial charge in [-0.3, -0.25) is 9.59 Å². The van der Waals surface area contributed by atoms with Crippen LogP contribution in [-0.4, -0.2) is 54.4 Å². The smallest absolute Gasteiger partial charge is 0.253 e. The molecule has 1 fully saturated rings. The van der Waals surface area contributed by atoms with Crippen LogP contribution in [0.15, 0.2) is 47.3 Å². The van der Waals surface area contributed by atoms with Crippen LogP contribution in [0.4, 0.5) is 5.69 Å². The molecule has 1 aromatic heterocycles. The van der Waals surface area contributed by atoms with Crippen LogP contribution in [0.5, 0.6) is 0 Å². The number of hydrogen-bond donors (Lipinski definition) is 4. The van der Waals surface area contributed by atoms with Crippen LogP contribution in [0, 0.1) is 20.8 Å². The molecule has 4 N–H and O–H groups in total. The van der Waals surface area contributed by atoms with Gasteiger partial charge in [0.05, 0.1) is 6.10 Å². The monoisotopic (exact) mass is 574 g/mol. The molecule has 0 spiro atoms. The van der Waals surface area contributed by atoms with E-state index in [1.54, 1.807) is 0 Å². The predicted octanol–water partition coefficient (Wildman–Crippen LogP) is 4.76. The van der Waals surface area contributed by atoms with Crippen molar-refractivity contribution in [3.8, 4) is 11.1 Å². The highest BCUT2D eigenvalue weighted by atomic mass is 16.5. The number of anilines is 1. The summed E-state index contributed by atoms with van der Waals surface area (Å²) in [5, 5.41) is 16.1. The number of aromatic amines is 1. The number of aliphatic hydroxyl groups is 1. The summed E-state index contributed by atoms with van der Waals surface area (Å²) in [6.45, 7) is 13.6. The predicted molar refractivity (Wildman–Crippen MR) is 169 cm³/mol. The first-order valence-corrected chi connectivity index (χ1v) is 15.2. The summed E-state index contributed by atoms with van der Waals surface area (Å²) in [4.78, 5) is 31.5. The Labute approximate surface area is 249 Å². The average Bonchev–Trinajstić information content (AvgIpc) is 2.98. The number of nitrogens with one attached hydrogen (secondary N) is 3. The van der Waals surface area contributed by atoms with Crippen LogP contribution in [0.25, 0.3) is 11.1 Å². The Morgan fingerprint density at radius 3 is 2.40 bits per heavy atom. The van der Waals surface area contributed by atoms with Gasteiger partial charge in [-0.05, 0) is 93.0 Å². The van der Waals surface area contributed by atoms with E-state index in [2.05, 4.69) is 57.8 Å². The maximum atomic E-state index is 13.7. The molecular weight excluding hydrogens is 528 g/mol. The van der Waals surface area contributed by atoms with Gasteiger partial charge in [-0.25, -0.2) is 0 Å². The molecule has 8 heteroatoms. The molecule has 1 atom stereocenters. The second-order valence-electron chi connectivity index (χ2n) is 11.3. The lowest BCUT2D eigenvalue weighted by Gasteiger charge is -2.37. The molecule has 1 amide bonds. The van der Waals surface area contributed by atoms with E-state index < -0.39 is 0 Å². The number of amides is 1. The number of nitrogens with zero attached hydrogens (tertiary/aromatic N) is 1. The number of carbonyl (C=O) groups is 1. The normalized spacial score (nSPS) is 14.5. The minimum Gasteiger partial charge on any atom is -0.392 e. The zero-order valence-electron chi connectivity index (χ0n) is 25.7. The summed E-state index contributed by atoms with van der Waals surface area (Å²) in [6.07, 6.45) is 2.28. The minimum absolute atomic E-state index is 0.158. The Balaban J connectivity index is 1.66. The van der Waals surface area contributed by atoms with Gasteiger partial charge in [-0.2, -0.15) is 0 Å². The van der Waals surface area contributed by atoms with Gasteiger partial charge < -0.3 is 30.4 Å². The Kier molecular flexibility index (Phi) is 11.0. The van der Waals surface area contributed by atoms with Crippen molar-refractivity contribution in [2.24, 2.45) is 0 Å². The third-order valence-corrected chi connectivity index (χ3v) is 8.29. The van der Waals surface area contributed by atoms with Gasteiger partial charge in [0.2, 0.25) is 0 Å². The maximum Gasteiger partial charge on any atom is 0.253 e. The molecule has 0 aliphatic carbocycles. The molecular formula is C34H46N4O4. The van der Waals surface area contributed by atoms with Crippen LogP contribution >= 0.6 is 0 Å². The standard InChI is InChI=1S/C34H46N4O4/c1-6-29(39)20-35-19-25-8-10-26(11-9-25)27-17-30(33(40)36-21-31-22(3)16-23(4)37-34(31)41)24(5)32(18-27)38(7-2)28-12-14-42-15-13-28/h8-11,16-18,28-29,35,39H,6-7,12-15,19-21H2,1-5H3,(H,36,40)(H,37,41)/t29-/m0/s1. The summed E-state index contributed by atoms with van der Waals surface area (Å²) >= 11 is 0. The van der Waals surface area contributed by atoms with Gasteiger partial charge in [0.25, 0.3) is 11.5 Å². The zero-order chi connectivity index (χ0) is 30.2. The number of aromatic nitrogens is 1. The van der Waals surface area contributed by atoms with Crippen molar-refractivity contribution in [2.75, 3.05) is 31.2 Å². The summed E-state index contributed by atoms with van der Waals surface area (Å²) in [6, 6.07) is 14.8. The second kappa shape index (κ2) is 14.6. The number of hydrogen-bond acceptors (Lipinski definition) is 6. The quantitative estimate of drug-likeness (QED) is 0.249. The molecule has 4 rings (SSSR count). The fraction of sp³-hybridized carbons (Fsp3) is 0.471. The molecule has 2 heterocycles. The van der Waals surface area contributed by atoms with Crippen LogP contribution < -0.4 is 21.1 Å². The molecule has 3 aromatic rings. The molecule has 0 radical (unpaired) electrons. The van der Waals surface area contributed by atoms with Crippen molar-refractivity contribution in [2.45, 2.75) is 79.1 Å². The van der Waals surface area contributed by atoms with Gasteiger partial charge in [0.1, 0.15) is 0 Å². The number of benzene rings is 2. The largest absolute Gasteiger partial charge is 0.392 e. The highest BCUT2D eigenvalue weighted by molar-refractivity contribution is 5.99. The van der Waals surface area contributed by atoms with E-state index in [4.69, 9.17) is 4.74 Å². The van der Waals surface area contributed by atoms with Crippen LogP contribution in [0.2, 0.25) is 0 Å². The third-order valence-electron chi connectivity index (χ3n) is 8.29. The first kappa shape index (κ1) is 31.5. The van der Waals surface area contributed by atoms with Gasteiger partial charge in [-0.15, -0.1) is 0 Å². The number of carbonyl (C=O) groups excluding carboxylic acids is 1. The Morgan fingerprint density at radius 2 is 1.76 bits per heavy atom. The first-order chi connectivity index (χ1) is 20.2. The molecule has 0 bridgehead atoms. The lowest BCUT2D eigenvalue weighted by molar-refractivity contribution is 0.0846. The Bertz CT molecular complexity index is 1410. The summed E-state index contributed by atoms with van der Waals surface area (Å²) in [7, 11) is 0. The zero-order valence-corrected chi connectivity index (χ0v) is 25.7. The van der Waals surface area contributed by atoms with E-state index in [0.29, 0.717) is 30.3 Å². The molecule has 226 valence electrons. The number of rotatable bonds is 12. The molecule has 0 unspecified atom stereocenters. The molecule has 2 aromatic carbocycles. The summed E-state index contributed by atoms with van der Waals surface area (Å²) in [5.74, 6) is -0.201. The molecule has 0 saturated carbocycles. The van der Waals surface area contributed by atoms with Crippen molar-refractivity contribution in [1.29, 1.82) is 0 Å². The van der Waals surface area contributed by atoms with Crippen molar-refractivity contribution in [3.05, 3.63) is 86.3 Å². The molecule has 8 nitrogen and oxygen atoms in total. The van der Waals surface area contributed by atoms with Gasteiger partial charge in [0, 0.05) is 67.9 Å². The van der Waals surface area contributed by atoms with Gasteiger partial charge in [0.15, 0.2) is 0 Å². The third kappa shape index (κ3) is 7.68. The number of pyridine rings is 1. The lowest BCUT2D eigenvalue weighted by Crippen LogP contribution is -2.40. The summed E-state index contributed by atoms with van der Waals surface area (Å²) in [5.41, 5.74) is 7.76. The van der Waals surface area contributed by atoms with E-state index in [1.165, 1.54) is 0 Å².